The van der Waals surface area contributed by atoms with E-state index >= 15 is 0 Å². The van der Waals surface area contributed by atoms with E-state index in [0.717, 1.165) is 0 Å². The van der Waals surface area contributed by atoms with Gasteiger partial charge in [0.15, 0.2) is 4.84 Å². The zero-order valence-corrected chi connectivity index (χ0v) is 14.1. The highest BCUT2D eigenvalue weighted by atomic mass is 35.5. The summed E-state index contributed by atoms with van der Waals surface area (Å²) in [5.41, 5.74) is 3.64. The Labute approximate surface area is 146 Å². The highest BCUT2D eigenvalue weighted by molar-refractivity contribution is 6.53. The van der Waals surface area contributed by atoms with Crippen molar-refractivity contribution < 1.29 is 9.32 Å². The maximum absolute atomic E-state index is 11.2. The Hall–Kier alpha value is -1.27. The number of amides is 1. The third-order valence-corrected chi connectivity index (χ3v) is 3.70. The second kappa shape index (κ2) is 7.33. The molecule has 2 rings (SSSR count). The lowest BCUT2D eigenvalue weighted by Gasteiger charge is -2.04. The Kier molecular flexibility index (Phi) is 5.69. The van der Waals surface area contributed by atoms with Crippen LogP contribution in [0.2, 0.25) is 10.0 Å². The van der Waals surface area contributed by atoms with Gasteiger partial charge in [-0.15, -0.1) is 0 Å². The lowest BCUT2D eigenvalue weighted by atomic mass is 10.1. The zero-order chi connectivity index (χ0) is 16.3. The van der Waals surface area contributed by atoms with Crippen LogP contribution in [0, 0.1) is 6.92 Å². The standard InChI is InChI=1S/C13H9Cl4N3O2/c1-6-7(5-18-19-13(21)12(16)17)11(20-22-6)10-8(14)3-2-4-9(10)15/h2-5,12H,1H3,(H,19,21)/b18-5+. The molecule has 1 amide bonds. The molecule has 0 spiro atoms. The monoisotopic (exact) mass is 379 g/mol. The fraction of sp³-hybridized carbons (Fsp3) is 0.154. The third kappa shape index (κ3) is 3.73. The quantitative estimate of drug-likeness (QED) is 0.490. The van der Waals surface area contributed by atoms with Gasteiger partial charge < -0.3 is 4.52 Å². The molecule has 1 aromatic carbocycles. The fourth-order valence-corrected chi connectivity index (χ4v) is 2.32. The van der Waals surface area contributed by atoms with Crippen LogP contribution in [0.25, 0.3) is 11.3 Å². The van der Waals surface area contributed by atoms with Gasteiger partial charge in [-0.1, -0.05) is 57.6 Å². The summed E-state index contributed by atoms with van der Waals surface area (Å²) in [5, 5.41) is 8.54. The summed E-state index contributed by atoms with van der Waals surface area (Å²) in [7, 11) is 0. The molecule has 0 aliphatic heterocycles. The summed E-state index contributed by atoms with van der Waals surface area (Å²) in [6.07, 6.45) is 1.36. The number of carbonyl (C=O) groups excluding carboxylic acids is 1. The Bertz CT molecular complexity index is 708. The minimum absolute atomic E-state index is 0.416. The zero-order valence-electron chi connectivity index (χ0n) is 11.1. The molecule has 0 saturated carbocycles. The number of alkyl halides is 2. The first-order valence-electron chi connectivity index (χ1n) is 5.93. The molecular weight excluding hydrogens is 372 g/mol. The molecule has 2 aromatic rings. The van der Waals surface area contributed by atoms with Gasteiger partial charge in [-0.3, -0.25) is 4.79 Å². The number of nitrogens with zero attached hydrogens (tertiary/aromatic N) is 2. The number of aromatic nitrogens is 1. The van der Waals surface area contributed by atoms with Crippen LogP contribution in [0.5, 0.6) is 0 Å². The number of rotatable bonds is 4. The molecule has 5 nitrogen and oxygen atoms in total. The van der Waals surface area contributed by atoms with E-state index in [9.17, 15) is 4.79 Å². The smallest absolute Gasteiger partial charge is 0.273 e. The molecule has 1 aromatic heterocycles. The molecule has 0 saturated heterocycles. The van der Waals surface area contributed by atoms with E-state index in [0.29, 0.717) is 32.6 Å². The number of nitrogens with one attached hydrogen (secondary N) is 1. The van der Waals surface area contributed by atoms with Crippen molar-refractivity contribution in [2.24, 2.45) is 5.10 Å². The maximum Gasteiger partial charge on any atom is 0.273 e. The van der Waals surface area contributed by atoms with Crippen molar-refractivity contribution in [2.45, 2.75) is 11.8 Å². The molecule has 0 atom stereocenters. The van der Waals surface area contributed by atoms with Crippen molar-refractivity contribution in [3.63, 3.8) is 0 Å². The van der Waals surface area contributed by atoms with Crippen LogP contribution in [-0.4, -0.2) is 22.1 Å². The summed E-state index contributed by atoms with van der Waals surface area (Å²) in [6.45, 7) is 1.69. The summed E-state index contributed by atoms with van der Waals surface area (Å²) < 4.78 is 5.14. The molecule has 116 valence electrons. The van der Waals surface area contributed by atoms with Crippen LogP contribution >= 0.6 is 46.4 Å². The second-order valence-electron chi connectivity index (χ2n) is 4.13. The number of benzene rings is 1. The predicted octanol–water partition coefficient (Wildman–Crippen LogP) is 4.21. The molecule has 1 heterocycles. The number of hydrogen-bond acceptors (Lipinski definition) is 4. The second-order valence-corrected chi connectivity index (χ2v) is 6.04. The van der Waals surface area contributed by atoms with Crippen LogP contribution in [0.3, 0.4) is 0 Å². The van der Waals surface area contributed by atoms with Gasteiger partial charge in [0, 0.05) is 5.56 Å². The van der Waals surface area contributed by atoms with E-state index in [2.05, 4.69) is 15.7 Å². The van der Waals surface area contributed by atoms with Gasteiger partial charge in [-0.2, -0.15) is 5.10 Å². The van der Waals surface area contributed by atoms with Crippen molar-refractivity contribution in [1.29, 1.82) is 0 Å². The Morgan fingerprint density at radius 2 is 2.00 bits per heavy atom. The van der Waals surface area contributed by atoms with E-state index in [-0.39, 0.29) is 0 Å². The number of aryl methyl sites for hydroxylation is 1. The lowest BCUT2D eigenvalue weighted by molar-refractivity contribution is -0.119. The number of halogens is 4. The van der Waals surface area contributed by atoms with E-state index in [1.165, 1.54) is 6.21 Å². The van der Waals surface area contributed by atoms with Gasteiger partial charge in [0.05, 0.1) is 21.8 Å². The Morgan fingerprint density at radius 3 is 2.59 bits per heavy atom. The third-order valence-electron chi connectivity index (χ3n) is 2.67. The summed E-state index contributed by atoms with van der Waals surface area (Å²) in [4.78, 5) is 10.0. The van der Waals surface area contributed by atoms with Gasteiger partial charge in [0.2, 0.25) is 0 Å². The number of carbonyl (C=O) groups is 1. The van der Waals surface area contributed by atoms with Crippen molar-refractivity contribution in [3.8, 4) is 11.3 Å². The van der Waals surface area contributed by atoms with Crippen LogP contribution < -0.4 is 5.43 Å². The highest BCUT2D eigenvalue weighted by Gasteiger charge is 2.18. The minimum Gasteiger partial charge on any atom is -0.360 e. The summed E-state index contributed by atoms with van der Waals surface area (Å²) in [5.74, 6) is -0.164. The lowest BCUT2D eigenvalue weighted by Crippen LogP contribution is -2.23. The normalized spacial score (nSPS) is 11.4. The summed E-state index contributed by atoms with van der Waals surface area (Å²) in [6, 6.07) is 5.08. The largest absolute Gasteiger partial charge is 0.360 e. The molecule has 0 aliphatic rings. The molecule has 0 unspecified atom stereocenters. The molecule has 0 radical (unpaired) electrons. The van der Waals surface area contributed by atoms with E-state index in [4.69, 9.17) is 50.9 Å². The minimum atomic E-state index is -1.21. The van der Waals surface area contributed by atoms with Gasteiger partial charge in [0.25, 0.3) is 5.91 Å². The molecule has 0 bridgehead atoms. The van der Waals surface area contributed by atoms with Crippen molar-refractivity contribution in [1.82, 2.24) is 10.6 Å². The van der Waals surface area contributed by atoms with Gasteiger partial charge in [0.1, 0.15) is 11.5 Å². The first kappa shape index (κ1) is 17.1. The van der Waals surface area contributed by atoms with Crippen LogP contribution in [0.15, 0.2) is 27.8 Å². The average Bonchev–Trinajstić information content (AvgIpc) is 2.80. The number of hydrogen-bond donors (Lipinski definition) is 1. The van der Waals surface area contributed by atoms with Crippen molar-refractivity contribution in [2.75, 3.05) is 0 Å². The van der Waals surface area contributed by atoms with Crippen LogP contribution in [0.1, 0.15) is 11.3 Å². The Morgan fingerprint density at radius 1 is 1.36 bits per heavy atom. The van der Waals surface area contributed by atoms with Crippen molar-refractivity contribution in [3.05, 3.63) is 39.6 Å². The Balaban J connectivity index is 2.37. The average molecular weight is 381 g/mol. The van der Waals surface area contributed by atoms with Crippen molar-refractivity contribution >= 4 is 58.5 Å². The van der Waals surface area contributed by atoms with Crippen LogP contribution in [-0.2, 0) is 4.79 Å². The topological polar surface area (TPSA) is 67.5 Å². The first-order valence-corrected chi connectivity index (χ1v) is 7.56. The van der Waals surface area contributed by atoms with E-state index in [1.807, 2.05) is 0 Å². The molecular formula is C13H9Cl4N3O2. The molecule has 0 aliphatic carbocycles. The highest BCUT2D eigenvalue weighted by Crippen LogP contribution is 2.36. The predicted molar refractivity (Wildman–Crippen MR) is 87.9 cm³/mol. The van der Waals surface area contributed by atoms with E-state index < -0.39 is 10.7 Å². The number of hydrazone groups is 1. The molecule has 9 heteroatoms. The molecule has 1 N–H and O–H groups in total. The van der Waals surface area contributed by atoms with Gasteiger partial charge in [-0.25, -0.2) is 5.43 Å². The SMILES string of the molecule is Cc1onc(-c2c(Cl)cccc2Cl)c1/C=N/NC(=O)C(Cl)Cl. The first-order chi connectivity index (χ1) is 10.4. The molecule has 0 fully saturated rings. The van der Waals surface area contributed by atoms with Gasteiger partial charge >= 0.3 is 0 Å². The van der Waals surface area contributed by atoms with E-state index in [1.54, 1.807) is 25.1 Å². The molecule has 22 heavy (non-hydrogen) atoms. The maximum atomic E-state index is 11.2. The van der Waals surface area contributed by atoms with Crippen LogP contribution in [0.4, 0.5) is 0 Å². The fourth-order valence-electron chi connectivity index (χ4n) is 1.64. The van der Waals surface area contributed by atoms with Gasteiger partial charge in [-0.05, 0) is 19.1 Å². The summed E-state index contributed by atoms with van der Waals surface area (Å²) >= 11 is 23.1.